The lowest BCUT2D eigenvalue weighted by Gasteiger charge is -2.24. The zero-order valence-electron chi connectivity index (χ0n) is 18.0. The topological polar surface area (TPSA) is 117 Å². The van der Waals surface area contributed by atoms with Gasteiger partial charge in [0.2, 0.25) is 0 Å². The van der Waals surface area contributed by atoms with Crippen molar-refractivity contribution in [2.75, 3.05) is 33.4 Å². The smallest absolute Gasteiger partial charge is 0.344 e. The number of benzene rings is 1. The number of rotatable bonds is 10. The number of nitrogens with one attached hydrogen (secondary N) is 2. The maximum absolute atomic E-state index is 13.0. The van der Waals surface area contributed by atoms with Gasteiger partial charge in [0.1, 0.15) is 11.3 Å². The van der Waals surface area contributed by atoms with Crippen LogP contribution in [-0.4, -0.2) is 67.1 Å². The Morgan fingerprint density at radius 3 is 2.48 bits per heavy atom. The summed E-state index contributed by atoms with van der Waals surface area (Å²) in [6.45, 7) is 3.96. The Hall–Kier alpha value is -3.14. The Morgan fingerprint density at radius 2 is 1.90 bits per heavy atom. The molecule has 1 aliphatic heterocycles. The number of hydrogen-bond donors (Lipinski definition) is 2. The van der Waals surface area contributed by atoms with Crippen molar-refractivity contribution in [3.8, 4) is 5.75 Å². The molecule has 0 unspecified atom stereocenters. The summed E-state index contributed by atoms with van der Waals surface area (Å²) in [7, 11) is 1.53. The minimum atomic E-state index is -1.32. The van der Waals surface area contributed by atoms with Crippen molar-refractivity contribution in [3.63, 3.8) is 0 Å². The van der Waals surface area contributed by atoms with Gasteiger partial charge in [-0.3, -0.25) is 24.7 Å². The zero-order chi connectivity index (χ0) is 22.6. The largest absolute Gasteiger partial charge is 0.497 e. The third-order valence-corrected chi connectivity index (χ3v) is 5.33. The fourth-order valence-electron chi connectivity index (χ4n) is 3.46. The number of carbonyl (C=O) groups is 4. The van der Waals surface area contributed by atoms with E-state index in [0.717, 1.165) is 12.8 Å². The second-order valence-corrected chi connectivity index (χ2v) is 7.88. The van der Waals surface area contributed by atoms with Crippen LogP contribution in [0.2, 0.25) is 0 Å². The molecular formula is C21H28N4O6. The first-order chi connectivity index (χ1) is 14.8. The first-order valence-electron chi connectivity index (χ1n) is 10.3. The predicted molar refractivity (Wildman–Crippen MR) is 110 cm³/mol. The van der Waals surface area contributed by atoms with Crippen LogP contribution < -0.4 is 15.5 Å². The van der Waals surface area contributed by atoms with Crippen molar-refractivity contribution in [1.82, 2.24) is 20.7 Å². The molecule has 168 valence electrons. The number of ether oxygens (including phenoxy) is 2. The number of carbonyl (C=O) groups excluding carboxylic acids is 4. The number of esters is 1. The SMILES string of the molecule is CCOC(=O)CN(CC(=O)NN1C(=O)N[C@](C)(c2ccc(OC)cc2)C1=O)CC1CC1. The predicted octanol–water partition coefficient (Wildman–Crippen LogP) is 0.769. The van der Waals surface area contributed by atoms with Gasteiger partial charge in [-0.15, -0.1) is 0 Å². The second kappa shape index (κ2) is 9.34. The van der Waals surface area contributed by atoms with Crippen molar-refractivity contribution in [2.24, 2.45) is 5.92 Å². The molecule has 1 saturated carbocycles. The van der Waals surface area contributed by atoms with E-state index in [9.17, 15) is 19.2 Å². The summed E-state index contributed by atoms with van der Waals surface area (Å²) in [4.78, 5) is 51.5. The molecule has 4 amide bonds. The first kappa shape index (κ1) is 22.5. The molecular weight excluding hydrogens is 404 g/mol. The van der Waals surface area contributed by atoms with E-state index in [0.29, 0.717) is 28.8 Å². The van der Waals surface area contributed by atoms with Crippen molar-refractivity contribution in [2.45, 2.75) is 32.2 Å². The van der Waals surface area contributed by atoms with Gasteiger partial charge in [0.25, 0.3) is 11.8 Å². The molecule has 2 fully saturated rings. The van der Waals surface area contributed by atoms with E-state index >= 15 is 0 Å². The summed E-state index contributed by atoms with van der Waals surface area (Å²) in [5, 5.41) is 3.31. The van der Waals surface area contributed by atoms with Crippen molar-refractivity contribution in [1.29, 1.82) is 0 Å². The normalized spacial score (nSPS) is 20.6. The number of hydrazine groups is 1. The summed E-state index contributed by atoms with van der Waals surface area (Å²) >= 11 is 0. The Labute approximate surface area is 180 Å². The van der Waals surface area contributed by atoms with Crippen LogP contribution >= 0.6 is 0 Å². The number of nitrogens with zero attached hydrogens (tertiary/aromatic N) is 2. The van der Waals surface area contributed by atoms with Crippen molar-refractivity contribution in [3.05, 3.63) is 29.8 Å². The molecule has 0 radical (unpaired) electrons. The standard InChI is InChI=1S/C21H28N4O6/c1-4-31-18(27)13-24(11-14-5-6-14)12-17(26)23-25-19(28)21(2,22-20(25)29)15-7-9-16(30-3)10-8-15/h7-10,14H,4-6,11-13H2,1-3H3,(H,22,29)(H,23,26)/t21-/m1/s1. The molecule has 10 nitrogen and oxygen atoms in total. The average Bonchev–Trinajstić information content (AvgIpc) is 3.51. The summed E-state index contributed by atoms with van der Waals surface area (Å²) in [6.07, 6.45) is 2.10. The number of hydrogen-bond acceptors (Lipinski definition) is 7. The monoisotopic (exact) mass is 432 g/mol. The van der Waals surface area contributed by atoms with E-state index in [1.807, 2.05) is 0 Å². The molecule has 1 aliphatic carbocycles. The van der Waals surface area contributed by atoms with Crippen LogP contribution in [0.15, 0.2) is 24.3 Å². The Kier molecular flexibility index (Phi) is 6.79. The van der Waals surface area contributed by atoms with E-state index in [2.05, 4.69) is 10.7 Å². The molecule has 10 heteroatoms. The third kappa shape index (κ3) is 5.32. The molecule has 1 atom stereocenters. The first-order valence-corrected chi connectivity index (χ1v) is 10.3. The van der Waals surface area contributed by atoms with E-state index in [4.69, 9.17) is 9.47 Å². The quantitative estimate of drug-likeness (QED) is 0.414. The Morgan fingerprint density at radius 1 is 1.23 bits per heavy atom. The number of imide groups is 1. The van der Waals surface area contributed by atoms with Crippen molar-refractivity contribution < 1.29 is 28.7 Å². The van der Waals surface area contributed by atoms with Gasteiger partial charge in [-0.25, -0.2) is 4.79 Å². The highest BCUT2D eigenvalue weighted by Crippen LogP contribution is 2.30. The van der Waals surface area contributed by atoms with Gasteiger partial charge in [0.15, 0.2) is 0 Å². The summed E-state index contributed by atoms with van der Waals surface area (Å²) in [5.74, 6) is -0.524. The summed E-state index contributed by atoms with van der Waals surface area (Å²) in [6, 6.07) is 6.01. The molecule has 2 aliphatic rings. The van der Waals surface area contributed by atoms with Crippen LogP contribution in [0.25, 0.3) is 0 Å². The van der Waals surface area contributed by atoms with Gasteiger partial charge < -0.3 is 14.8 Å². The van der Waals surface area contributed by atoms with Crippen LogP contribution in [-0.2, 0) is 24.7 Å². The highest BCUT2D eigenvalue weighted by molar-refractivity contribution is 6.08. The average molecular weight is 432 g/mol. The number of methoxy groups -OCH3 is 1. The Bertz CT molecular complexity index is 854. The van der Waals surface area contributed by atoms with E-state index in [1.165, 1.54) is 7.11 Å². The molecule has 0 spiro atoms. The van der Waals surface area contributed by atoms with E-state index in [-0.39, 0.29) is 19.7 Å². The highest BCUT2D eigenvalue weighted by Gasteiger charge is 2.50. The molecule has 1 aromatic carbocycles. The second-order valence-electron chi connectivity index (χ2n) is 7.88. The van der Waals surface area contributed by atoms with Crippen LogP contribution in [0.4, 0.5) is 4.79 Å². The van der Waals surface area contributed by atoms with Gasteiger partial charge >= 0.3 is 12.0 Å². The lowest BCUT2D eigenvalue weighted by Crippen LogP contribution is -2.51. The maximum atomic E-state index is 13.0. The van der Waals surface area contributed by atoms with Crippen molar-refractivity contribution >= 4 is 23.8 Å². The maximum Gasteiger partial charge on any atom is 0.344 e. The highest BCUT2D eigenvalue weighted by atomic mass is 16.5. The van der Waals surface area contributed by atoms with Crippen LogP contribution in [0, 0.1) is 5.92 Å². The fourth-order valence-corrected chi connectivity index (χ4v) is 3.46. The molecule has 3 rings (SSSR count). The summed E-state index contributed by atoms with van der Waals surface area (Å²) < 4.78 is 10.1. The minimum Gasteiger partial charge on any atom is -0.497 e. The molecule has 0 bridgehead atoms. The van der Waals surface area contributed by atoms with Crippen LogP contribution in [0.3, 0.4) is 0 Å². The Balaban J connectivity index is 1.64. The van der Waals surface area contributed by atoms with Gasteiger partial charge in [0, 0.05) is 6.54 Å². The zero-order valence-corrected chi connectivity index (χ0v) is 18.0. The van der Waals surface area contributed by atoms with Gasteiger partial charge in [-0.2, -0.15) is 5.01 Å². The lowest BCUT2D eigenvalue weighted by molar-refractivity contribution is -0.145. The molecule has 31 heavy (non-hydrogen) atoms. The number of urea groups is 1. The van der Waals surface area contributed by atoms with E-state index < -0.39 is 29.4 Å². The van der Waals surface area contributed by atoms with Gasteiger partial charge in [-0.05, 0) is 50.3 Å². The molecule has 0 aromatic heterocycles. The van der Waals surface area contributed by atoms with E-state index in [1.54, 1.807) is 43.0 Å². The minimum absolute atomic E-state index is 0.0263. The number of amides is 4. The third-order valence-electron chi connectivity index (χ3n) is 5.33. The molecule has 2 N–H and O–H groups in total. The van der Waals surface area contributed by atoms with Crippen LogP contribution in [0.1, 0.15) is 32.3 Å². The molecule has 1 heterocycles. The van der Waals surface area contributed by atoms with Crippen LogP contribution in [0.5, 0.6) is 5.75 Å². The molecule has 1 aromatic rings. The fraction of sp³-hybridized carbons (Fsp3) is 0.524. The molecule has 1 saturated heterocycles. The van der Waals surface area contributed by atoms with Gasteiger partial charge in [0.05, 0.1) is 26.8 Å². The summed E-state index contributed by atoms with van der Waals surface area (Å²) in [5.41, 5.74) is 1.60. The van der Waals surface area contributed by atoms with Gasteiger partial charge in [-0.1, -0.05) is 12.1 Å². The lowest BCUT2D eigenvalue weighted by atomic mass is 9.92.